The molecule has 0 aliphatic carbocycles. The second kappa shape index (κ2) is 8.14. The molecule has 1 amide bonds. The normalized spacial score (nSPS) is 19.4. The number of sulfonamides is 1. The molecule has 1 N–H and O–H groups in total. The number of hydrogen-bond donors (Lipinski definition) is 1. The Morgan fingerprint density at radius 1 is 1.26 bits per heavy atom. The average Bonchev–Trinajstić information content (AvgIpc) is 2.69. The van der Waals surface area contributed by atoms with Crippen LogP contribution in [-0.2, 0) is 14.8 Å². The van der Waals surface area contributed by atoms with E-state index in [-0.39, 0.29) is 23.4 Å². The zero-order chi connectivity index (χ0) is 19.4. The fourth-order valence-corrected chi connectivity index (χ4v) is 4.69. The molecule has 0 spiro atoms. The molecule has 1 saturated heterocycles. The van der Waals surface area contributed by atoms with Crippen molar-refractivity contribution in [2.45, 2.75) is 30.7 Å². The lowest BCUT2D eigenvalue weighted by molar-refractivity contribution is -0.126. The topological polar surface area (TPSA) is 79.4 Å². The van der Waals surface area contributed by atoms with E-state index in [0.717, 1.165) is 17.8 Å². The van der Waals surface area contributed by atoms with Gasteiger partial charge in [-0.2, -0.15) is 4.31 Å². The van der Waals surface area contributed by atoms with Crippen molar-refractivity contribution in [3.8, 4) is 0 Å². The maximum absolute atomic E-state index is 13.1. The summed E-state index contributed by atoms with van der Waals surface area (Å²) in [6.07, 6.45) is 2.88. The van der Waals surface area contributed by atoms with Gasteiger partial charge in [-0.05, 0) is 56.2 Å². The second-order valence-corrected chi connectivity index (χ2v) is 8.58. The maximum atomic E-state index is 13.1. The van der Waals surface area contributed by atoms with Crippen molar-refractivity contribution in [2.24, 2.45) is 5.92 Å². The van der Waals surface area contributed by atoms with E-state index in [1.54, 1.807) is 12.3 Å². The molecule has 2 atom stereocenters. The second-order valence-electron chi connectivity index (χ2n) is 6.64. The number of carbonyl (C=O) groups is 1. The van der Waals surface area contributed by atoms with E-state index in [1.807, 2.05) is 19.1 Å². The number of amides is 1. The van der Waals surface area contributed by atoms with Gasteiger partial charge in [0.1, 0.15) is 5.82 Å². The SMILES string of the molecule is CC(NC(=O)C1CCCN(S(=O)(=O)c2ccc(F)cc2)C1)c1ccccn1. The van der Waals surface area contributed by atoms with Crippen LogP contribution in [0.15, 0.2) is 53.6 Å². The van der Waals surface area contributed by atoms with Crippen molar-refractivity contribution >= 4 is 15.9 Å². The summed E-state index contributed by atoms with van der Waals surface area (Å²) in [6.45, 7) is 2.30. The van der Waals surface area contributed by atoms with E-state index >= 15 is 0 Å². The Morgan fingerprint density at radius 3 is 2.67 bits per heavy atom. The molecular formula is C19H22FN3O3S. The molecule has 2 unspecified atom stereocenters. The Balaban J connectivity index is 1.68. The van der Waals surface area contributed by atoms with Crippen LogP contribution >= 0.6 is 0 Å². The Bertz CT molecular complexity index is 888. The first kappa shape index (κ1) is 19.4. The molecule has 1 fully saturated rings. The third kappa shape index (κ3) is 4.51. The Morgan fingerprint density at radius 2 is 2.00 bits per heavy atom. The van der Waals surface area contributed by atoms with Gasteiger partial charge in [0.25, 0.3) is 0 Å². The molecule has 144 valence electrons. The molecule has 0 radical (unpaired) electrons. The van der Waals surface area contributed by atoms with Crippen molar-refractivity contribution in [3.63, 3.8) is 0 Å². The molecule has 1 aromatic heterocycles. The van der Waals surface area contributed by atoms with E-state index < -0.39 is 21.8 Å². The third-order valence-corrected chi connectivity index (χ3v) is 6.58. The highest BCUT2D eigenvalue weighted by Gasteiger charge is 2.33. The van der Waals surface area contributed by atoms with Crippen molar-refractivity contribution in [2.75, 3.05) is 13.1 Å². The van der Waals surface area contributed by atoms with Crippen LogP contribution in [0.1, 0.15) is 31.5 Å². The summed E-state index contributed by atoms with van der Waals surface area (Å²) in [5.74, 6) is -1.11. The Hall–Kier alpha value is -2.32. The number of carbonyl (C=O) groups excluding carboxylic acids is 1. The minimum atomic E-state index is -3.75. The fraction of sp³-hybridized carbons (Fsp3) is 0.368. The van der Waals surface area contributed by atoms with Crippen LogP contribution in [0.3, 0.4) is 0 Å². The highest BCUT2D eigenvalue weighted by atomic mass is 32.2. The van der Waals surface area contributed by atoms with E-state index in [4.69, 9.17) is 0 Å². The van der Waals surface area contributed by atoms with Crippen LogP contribution in [0.4, 0.5) is 4.39 Å². The van der Waals surface area contributed by atoms with Gasteiger partial charge in [-0.3, -0.25) is 9.78 Å². The quantitative estimate of drug-likeness (QED) is 0.849. The molecule has 2 aromatic rings. The smallest absolute Gasteiger partial charge is 0.243 e. The van der Waals surface area contributed by atoms with Gasteiger partial charge in [-0.1, -0.05) is 6.07 Å². The van der Waals surface area contributed by atoms with E-state index in [2.05, 4.69) is 10.3 Å². The molecule has 1 aromatic carbocycles. The van der Waals surface area contributed by atoms with Gasteiger partial charge in [0.05, 0.1) is 22.5 Å². The molecule has 2 heterocycles. The number of aromatic nitrogens is 1. The number of halogens is 1. The van der Waals surface area contributed by atoms with Crippen molar-refractivity contribution in [1.29, 1.82) is 0 Å². The maximum Gasteiger partial charge on any atom is 0.243 e. The fourth-order valence-electron chi connectivity index (χ4n) is 3.17. The van der Waals surface area contributed by atoms with E-state index in [9.17, 15) is 17.6 Å². The van der Waals surface area contributed by atoms with Gasteiger partial charge >= 0.3 is 0 Å². The lowest BCUT2D eigenvalue weighted by Gasteiger charge is -2.31. The monoisotopic (exact) mass is 391 g/mol. The summed E-state index contributed by atoms with van der Waals surface area (Å²) in [6, 6.07) is 9.96. The zero-order valence-electron chi connectivity index (χ0n) is 15.0. The van der Waals surface area contributed by atoms with Gasteiger partial charge < -0.3 is 5.32 Å². The van der Waals surface area contributed by atoms with Crippen molar-refractivity contribution in [1.82, 2.24) is 14.6 Å². The first-order chi connectivity index (χ1) is 12.9. The van der Waals surface area contributed by atoms with Crippen LogP contribution in [-0.4, -0.2) is 36.7 Å². The molecule has 1 aliphatic rings. The van der Waals surface area contributed by atoms with Crippen molar-refractivity contribution in [3.05, 3.63) is 60.2 Å². The lowest BCUT2D eigenvalue weighted by Crippen LogP contribution is -2.45. The summed E-state index contributed by atoms with van der Waals surface area (Å²) < 4.78 is 39.9. The predicted molar refractivity (Wildman–Crippen MR) is 98.7 cm³/mol. The van der Waals surface area contributed by atoms with E-state index in [1.165, 1.54) is 16.4 Å². The first-order valence-corrected chi connectivity index (χ1v) is 10.3. The third-order valence-electron chi connectivity index (χ3n) is 4.70. The van der Waals surface area contributed by atoms with Gasteiger partial charge in [-0.25, -0.2) is 12.8 Å². The van der Waals surface area contributed by atoms with Gasteiger partial charge in [0.2, 0.25) is 15.9 Å². The highest BCUT2D eigenvalue weighted by molar-refractivity contribution is 7.89. The molecule has 8 heteroatoms. The number of rotatable bonds is 5. The van der Waals surface area contributed by atoms with Crippen LogP contribution in [0.5, 0.6) is 0 Å². The highest BCUT2D eigenvalue weighted by Crippen LogP contribution is 2.24. The number of nitrogens with zero attached hydrogens (tertiary/aromatic N) is 2. The van der Waals surface area contributed by atoms with Gasteiger partial charge in [-0.15, -0.1) is 0 Å². The summed E-state index contributed by atoms with van der Waals surface area (Å²) >= 11 is 0. The number of hydrogen-bond acceptors (Lipinski definition) is 4. The summed E-state index contributed by atoms with van der Waals surface area (Å²) in [5, 5.41) is 2.91. The molecule has 27 heavy (non-hydrogen) atoms. The Labute approximate surface area is 158 Å². The lowest BCUT2D eigenvalue weighted by atomic mass is 9.98. The molecule has 3 rings (SSSR count). The summed E-state index contributed by atoms with van der Waals surface area (Å²) in [5.41, 5.74) is 0.748. The van der Waals surface area contributed by atoms with Gasteiger partial charge in [0.15, 0.2) is 0 Å². The van der Waals surface area contributed by atoms with Gasteiger partial charge in [0, 0.05) is 19.3 Å². The number of benzene rings is 1. The summed E-state index contributed by atoms with van der Waals surface area (Å²) in [7, 11) is -3.75. The zero-order valence-corrected chi connectivity index (χ0v) is 15.8. The Kier molecular flexibility index (Phi) is 5.86. The van der Waals surface area contributed by atoms with Crippen molar-refractivity contribution < 1.29 is 17.6 Å². The molecular weight excluding hydrogens is 369 g/mol. The van der Waals surface area contributed by atoms with Crippen LogP contribution in [0, 0.1) is 11.7 Å². The first-order valence-electron chi connectivity index (χ1n) is 8.85. The molecule has 0 bridgehead atoms. The largest absolute Gasteiger partial charge is 0.348 e. The number of nitrogens with one attached hydrogen (secondary N) is 1. The van der Waals surface area contributed by atoms with E-state index in [0.29, 0.717) is 19.4 Å². The minimum Gasteiger partial charge on any atom is -0.348 e. The molecule has 6 nitrogen and oxygen atoms in total. The standard InChI is InChI=1S/C19H22FN3O3S/c1-14(18-6-2-3-11-21-18)22-19(24)15-5-4-12-23(13-15)27(25,26)17-9-7-16(20)8-10-17/h2-3,6-11,14-15H,4-5,12-13H2,1H3,(H,22,24). The van der Waals surface area contributed by atoms with Crippen LogP contribution in [0.2, 0.25) is 0 Å². The summed E-state index contributed by atoms with van der Waals surface area (Å²) in [4.78, 5) is 16.9. The predicted octanol–water partition coefficient (Wildman–Crippen LogP) is 2.50. The molecule has 1 aliphatic heterocycles. The molecule has 0 saturated carbocycles. The average molecular weight is 391 g/mol. The van der Waals surface area contributed by atoms with Crippen LogP contribution in [0.25, 0.3) is 0 Å². The number of pyridine rings is 1. The number of piperidine rings is 1. The minimum absolute atomic E-state index is 0.0341. The van der Waals surface area contributed by atoms with Crippen LogP contribution < -0.4 is 5.32 Å².